The van der Waals surface area contributed by atoms with Gasteiger partial charge in [-0.25, -0.2) is 19.2 Å². The van der Waals surface area contributed by atoms with Crippen molar-refractivity contribution >= 4 is 45.6 Å². The minimum Gasteiger partial charge on any atom is -0.473 e. The van der Waals surface area contributed by atoms with Crippen molar-refractivity contribution in [2.75, 3.05) is 39.8 Å². The summed E-state index contributed by atoms with van der Waals surface area (Å²) in [6, 6.07) is 10.2. The van der Waals surface area contributed by atoms with E-state index < -0.39 is 23.9 Å². The van der Waals surface area contributed by atoms with Crippen LogP contribution in [0, 0.1) is 13.8 Å². The predicted molar refractivity (Wildman–Crippen MR) is 132 cm³/mol. The quantitative estimate of drug-likeness (QED) is 0.310. The molecule has 0 amide bonds. The molecule has 196 valence electrons. The van der Waals surface area contributed by atoms with Gasteiger partial charge < -0.3 is 29.9 Å². The zero-order chi connectivity index (χ0) is 27.6. The number of Topliss-reactive ketones (excluding diaryl/α,β-unsaturated/α-hetero) is 1. The van der Waals surface area contributed by atoms with Gasteiger partial charge in [-0.2, -0.15) is 0 Å². The molecule has 0 unspecified atom stereocenters. The van der Waals surface area contributed by atoms with Gasteiger partial charge in [-0.1, -0.05) is 15.9 Å². The van der Waals surface area contributed by atoms with Crippen molar-refractivity contribution in [1.82, 2.24) is 14.4 Å². The Balaban J connectivity index is 0.000000450. The number of hydrogen-bond acceptors (Lipinski definition) is 7. The third kappa shape index (κ3) is 9.60. The summed E-state index contributed by atoms with van der Waals surface area (Å²) in [6.07, 6.45) is 0. The Morgan fingerprint density at radius 1 is 0.806 bits per heavy atom. The van der Waals surface area contributed by atoms with Gasteiger partial charge in [0.25, 0.3) is 0 Å². The van der Waals surface area contributed by atoms with Gasteiger partial charge >= 0.3 is 23.9 Å². The molecular weight excluding hydrogens is 542 g/mol. The molecule has 0 saturated carbocycles. The summed E-state index contributed by atoms with van der Waals surface area (Å²) >= 11 is 3.47. The molecule has 0 bridgehead atoms. The van der Waals surface area contributed by atoms with E-state index in [0.717, 1.165) is 53.3 Å². The van der Waals surface area contributed by atoms with E-state index in [1.165, 1.54) is 0 Å². The van der Waals surface area contributed by atoms with Crippen LogP contribution < -0.4 is 0 Å². The summed E-state index contributed by atoms with van der Waals surface area (Å²) in [4.78, 5) is 53.8. The van der Waals surface area contributed by atoms with E-state index in [1.807, 2.05) is 25.1 Å². The third-order valence-corrected chi connectivity index (χ3v) is 5.67. The zero-order valence-electron chi connectivity index (χ0n) is 20.0. The minimum atomic E-state index is -1.82. The third-order valence-electron chi connectivity index (χ3n) is 5.15. The van der Waals surface area contributed by atoms with Gasteiger partial charge in [0.15, 0.2) is 5.78 Å². The van der Waals surface area contributed by atoms with Gasteiger partial charge in [0, 0.05) is 53.3 Å². The lowest BCUT2D eigenvalue weighted by Crippen LogP contribution is -2.46. The van der Waals surface area contributed by atoms with E-state index in [-0.39, 0.29) is 5.78 Å². The number of carboxylic acids is 4. The first-order chi connectivity index (χ1) is 16.7. The maximum Gasteiger partial charge on any atom is 0.414 e. The fourth-order valence-electron chi connectivity index (χ4n) is 3.33. The number of benzene rings is 1. The van der Waals surface area contributed by atoms with Gasteiger partial charge in [-0.05, 0) is 51.2 Å². The molecule has 13 heteroatoms. The highest BCUT2D eigenvalue weighted by Crippen LogP contribution is 2.23. The highest BCUT2D eigenvalue weighted by atomic mass is 79.9. The average Bonchev–Trinajstić information content (AvgIpc) is 3.10. The highest BCUT2D eigenvalue weighted by molar-refractivity contribution is 9.10. The molecule has 0 radical (unpaired) electrons. The summed E-state index contributed by atoms with van der Waals surface area (Å²) in [5, 5.41) is 29.6. The molecule has 1 aliphatic heterocycles. The topological polar surface area (TPSA) is 178 Å². The fourth-order valence-corrected chi connectivity index (χ4v) is 3.59. The molecule has 12 nitrogen and oxygen atoms in total. The van der Waals surface area contributed by atoms with Gasteiger partial charge in [0.05, 0.1) is 6.54 Å². The standard InChI is InChI=1S/C19H24BrN3O.2C2H2O4/c1-14-12-18(19(24)13-22-10-8-21(3)9-11-22)15(2)23(14)17-6-4-16(20)5-7-17;2*3-1(4)2(5)6/h4-7,12H,8-11,13H2,1-3H3;2*(H,3,4)(H,5,6). The molecule has 2 heterocycles. The number of piperazine rings is 1. The number of aryl methyl sites for hydroxylation is 1. The molecule has 1 aromatic heterocycles. The average molecular weight is 570 g/mol. The first kappa shape index (κ1) is 30.5. The van der Waals surface area contributed by atoms with Crippen molar-refractivity contribution in [2.24, 2.45) is 0 Å². The van der Waals surface area contributed by atoms with Gasteiger partial charge in [-0.3, -0.25) is 9.69 Å². The fraction of sp³-hybridized carbons (Fsp3) is 0.348. The Labute approximate surface area is 215 Å². The molecule has 3 rings (SSSR count). The van der Waals surface area contributed by atoms with Gasteiger partial charge in [0.2, 0.25) is 0 Å². The lowest BCUT2D eigenvalue weighted by atomic mass is 10.1. The minimum absolute atomic E-state index is 0.219. The van der Waals surface area contributed by atoms with Crippen molar-refractivity contribution in [3.8, 4) is 5.69 Å². The van der Waals surface area contributed by atoms with E-state index in [2.05, 4.69) is 56.4 Å². The molecule has 0 spiro atoms. The number of halogens is 1. The summed E-state index contributed by atoms with van der Waals surface area (Å²) < 4.78 is 3.21. The number of nitrogens with zero attached hydrogens (tertiary/aromatic N) is 3. The van der Waals surface area contributed by atoms with Crippen LogP contribution in [0.1, 0.15) is 21.7 Å². The summed E-state index contributed by atoms with van der Waals surface area (Å²) in [6.45, 7) is 8.60. The molecule has 1 aliphatic rings. The second kappa shape index (κ2) is 14.1. The number of carbonyl (C=O) groups excluding carboxylic acids is 1. The first-order valence-electron chi connectivity index (χ1n) is 10.6. The van der Waals surface area contributed by atoms with E-state index in [9.17, 15) is 4.79 Å². The largest absolute Gasteiger partial charge is 0.473 e. The molecular formula is C23H28BrN3O9. The molecule has 1 fully saturated rings. The number of likely N-dealkylation sites (N-methyl/N-ethyl adjacent to an activating group) is 1. The molecule has 4 N–H and O–H groups in total. The predicted octanol–water partition coefficient (Wildman–Crippen LogP) is 1.60. The van der Waals surface area contributed by atoms with Gasteiger partial charge in [0.1, 0.15) is 0 Å². The molecule has 36 heavy (non-hydrogen) atoms. The van der Waals surface area contributed by atoms with Gasteiger partial charge in [-0.15, -0.1) is 0 Å². The maximum atomic E-state index is 12.8. The SMILES string of the molecule is Cc1cc(C(=O)CN2CCN(C)CC2)c(C)n1-c1ccc(Br)cc1.O=C(O)C(=O)O.O=C(O)C(=O)O. The summed E-state index contributed by atoms with van der Waals surface area (Å²) in [5.41, 5.74) is 4.05. The van der Waals surface area contributed by atoms with E-state index in [4.69, 9.17) is 39.6 Å². The van der Waals surface area contributed by atoms with Crippen molar-refractivity contribution in [1.29, 1.82) is 0 Å². The molecule has 0 aliphatic carbocycles. The normalized spacial score (nSPS) is 13.4. The number of rotatable bonds is 4. The van der Waals surface area contributed by atoms with Crippen LogP contribution in [0.15, 0.2) is 34.8 Å². The van der Waals surface area contributed by atoms with Crippen molar-refractivity contribution in [3.63, 3.8) is 0 Å². The van der Waals surface area contributed by atoms with Crippen LogP contribution >= 0.6 is 15.9 Å². The second-order valence-corrected chi connectivity index (χ2v) is 8.74. The van der Waals surface area contributed by atoms with Crippen molar-refractivity contribution < 1.29 is 44.4 Å². The zero-order valence-corrected chi connectivity index (χ0v) is 21.6. The second-order valence-electron chi connectivity index (χ2n) is 7.82. The van der Waals surface area contributed by atoms with Crippen LogP contribution in [-0.4, -0.2) is 104 Å². The van der Waals surface area contributed by atoms with E-state index in [0.29, 0.717) is 6.54 Å². The van der Waals surface area contributed by atoms with Crippen molar-refractivity contribution in [3.05, 3.63) is 51.8 Å². The molecule has 1 aromatic carbocycles. The number of hydrogen-bond donors (Lipinski definition) is 4. The Morgan fingerprint density at radius 2 is 1.25 bits per heavy atom. The Hall–Kier alpha value is -3.55. The van der Waals surface area contributed by atoms with Crippen molar-refractivity contribution in [2.45, 2.75) is 13.8 Å². The number of aliphatic carboxylic acids is 4. The summed E-state index contributed by atoms with van der Waals surface area (Å²) in [7, 11) is 2.13. The lowest BCUT2D eigenvalue weighted by Gasteiger charge is -2.31. The van der Waals surface area contributed by atoms with Crippen LogP contribution in [0.5, 0.6) is 0 Å². The smallest absolute Gasteiger partial charge is 0.414 e. The van der Waals surface area contributed by atoms with Crippen LogP contribution in [0.4, 0.5) is 0 Å². The highest BCUT2D eigenvalue weighted by Gasteiger charge is 2.21. The lowest BCUT2D eigenvalue weighted by molar-refractivity contribution is -0.159. The van der Waals surface area contributed by atoms with E-state index in [1.54, 1.807) is 0 Å². The number of aromatic nitrogens is 1. The van der Waals surface area contributed by atoms with E-state index >= 15 is 0 Å². The van der Waals surface area contributed by atoms with Crippen LogP contribution in [-0.2, 0) is 19.2 Å². The van der Waals surface area contributed by atoms with Crippen LogP contribution in [0.3, 0.4) is 0 Å². The number of carboxylic acid groups (broad SMARTS) is 4. The maximum absolute atomic E-state index is 12.8. The first-order valence-corrected chi connectivity index (χ1v) is 11.3. The number of ketones is 1. The molecule has 2 aromatic rings. The Kier molecular flexibility index (Phi) is 12.0. The Bertz CT molecular complexity index is 1060. The monoisotopic (exact) mass is 569 g/mol. The number of carbonyl (C=O) groups is 5. The molecule has 0 atom stereocenters. The summed E-state index contributed by atoms with van der Waals surface area (Å²) in [5.74, 6) is -7.08. The van der Waals surface area contributed by atoms with Crippen LogP contribution in [0.25, 0.3) is 5.69 Å². The Morgan fingerprint density at radius 3 is 1.67 bits per heavy atom. The van der Waals surface area contributed by atoms with Crippen LogP contribution in [0.2, 0.25) is 0 Å². The molecule has 1 saturated heterocycles.